The number of hydrogen-bond donors (Lipinski definition) is 1. The summed E-state index contributed by atoms with van der Waals surface area (Å²) in [5.74, 6) is 1.59. The van der Waals surface area contributed by atoms with Gasteiger partial charge in [0.05, 0.1) is 5.25 Å². The first-order chi connectivity index (χ1) is 11.1. The van der Waals surface area contributed by atoms with Crippen LogP contribution < -0.4 is 5.32 Å². The predicted octanol–water partition coefficient (Wildman–Crippen LogP) is 4.06. The van der Waals surface area contributed by atoms with Crippen LogP contribution in [0.2, 0.25) is 0 Å². The number of nitrogens with one attached hydrogen (secondary N) is 1. The molecule has 3 rings (SSSR count). The fraction of sp³-hybridized carbons (Fsp3) is 0.438. The summed E-state index contributed by atoms with van der Waals surface area (Å²) in [7, 11) is 0. The lowest BCUT2D eigenvalue weighted by molar-refractivity contribution is -0.115. The summed E-state index contributed by atoms with van der Waals surface area (Å²) in [4.78, 5) is 12.4. The van der Waals surface area contributed by atoms with Gasteiger partial charge in [0.2, 0.25) is 5.91 Å². The molecular formula is C16H19BrN4OS. The number of aromatic nitrogens is 3. The Morgan fingerprint density at radius 2 is 2.26 bits per heavy atom. The van der Waals surface area contributed by atoms with E-state index in [9.17, 15) is 4.79 Å². The Morgan fingerprint density at radius 1 is 1.48 bits per heavy atom. The fourth-order valence-corrected chi connectivity index (χ4v) is 3.67. The molecule has 1 N–H and O–H groups in total. The topological polar surface area (TPSA) is 59.8 Å². The van der Waals surface area contributed by atoms with Crippen molar-refractivity contribution in [3.05, 3.63) is 34.6 Å². The van der Waals surface area contributed by atoms with E-state index < -0.39 is 0 Å². The van der Waals surface area contributed by atoms with Crippen LogP contribution >= 0.6 is 27.7 Å². The maximum atomic E-state index is 12.4. The van der Waals surface area contributed by atoms with Crippen molar-refractivity contribution in [2.75, 3.05) is 5.32 Å². The third kappa shape index (κ3) is 3.95. The molecule has 1 heterocycles. The van der Waals surface area contributed by atoms with Crippen molar-refractivity contribution in [2.24, 2.45) is 0 Å². The van der Waals surface area contributed by atoms with Crippen molar-refractivity contribution in [1.29, 1.82) is 0 Å². The van der Waals surface area contributed by atoms with Crippen LogP contribution in [0.5, 0.6) is 0 Å². The summed E-state index contributed by atoms with van der Waals surface area (Å²) in [6.45, 7) is 4.82. The molecule has 2 aromatic rings. The zero-order valence-corrected chi connectivity index (χ0v) is 15.5. The van der Waals surface area contributed by atoms with Gasteiger partial charge in [0, 0.05) is 22.6 Å². The summed E-state index contributed by atoms with van der Waals surface area (Å²) in [6.07, 6.45) is 2.39. The predicted molar refractivity (Wildman–Crippen MR) is 95.8 cm³/mol. The molecule has 0 radical (unpaired) electrons. The molecule has 0 bridgehead atoms. The Morgan fingerprint density at radius 3 is 2.91 bits per heavy atom. The minimum absolute atomic E-state index is 0.0354. The van der Waals surface area contributed by atoms with Gasteiger partial charge in [-0.3, -0.25) is 4.79 Å². The number of hydrogen-bond acceptors (Lipinski definition) is 4. The smallest absolute Gasteiger partial charge is 0.237 e. The van der Waals surface area contributed by atoms with Crippen molar-refractivity contribution in [3.63, 3.8) is 0 Å². The van der Waals surface area contributed by atoms with Crippen LogP contribution in [0.25, 0.3) is 0 Å². The van der Waals surface area contributed by atoms with Gasteiger partial charge in [-0.25, -0.2) is 0 Å². The van der Waals surface area contributed by atoms with Crippen LogP contribution in [-0.4, -0.2) is 25.9 Å². The van der Waals surface area contributed by atoms with Crippen LogP contribution in [0.15, 0.2) is 33.9 Å². The van der Waals surface area contributed by atoms with Crippen molar-refractivity contribution >= 4 is 39.3 Å². The minimum atomic E-state index is -0.240. The lowest BCUT2D eigenvalue weighted by Gasteiger charge is -2.13. The van der Waals surface area contributed by atoms with Crippen LogP contribution in [0.4, 0.5) is 5.69 Å². The molecule has 1 saturated carbocycles. The largest absolute Gasteiger partial charge is 0.325 e. The molecule has 1 aliphatic carbocycles. The van der Waals surface area contributed by atoms with Crippen LogP contribution in [0.1, 0.15) is 38.4 Å². The first-order valence-electron chi connectivity index (χ1n) is 7.74. The van der Waals surface area contributed by atoms with Gasteiger partial charge in [-0.2, -0.15) is 0 Å². The molecule has 5 nitrogen and oxygen atoms in total. The maximum Gasteiger partial charge on any atom is 0.237 e. The molecule has 122 valence electrons. The molecule has 0 saturated heterocycles. The van der Waals surface area contributed by atoms with Crippen molar-refractivity contribution in [2.45, 2.75) is 49.6 Å². The van der Waals surface area contributed by atoms with E-state index in [1.54, 1.807) is 0 Å². The number of thioether (sulfide) groups is 1. The fourth-order valence-electron chi connectivity index (χ4n) is 2.35. The zero-order chi connectivity index (χ0) is 16.4. The van der Waals surface area contributed by atoms with E-state index in [-0.39, 0.29) is 11.2 Å². The maximum absolute atomic E-state index is 12.4. The van der Waals surface area contributed by atoms with Gasteiger partial charge < -0.3 is 9.88 Å². The first kappa shape index (κ1) is 16.5. The SMILES string of the molecule is CCn1c(S[C@H](C)C(=O)Nc2cccc(Br)c2)nnc1C1CC1. The second kappa shape index (κ2) is 7.05. The molecule has 0 spiro atoms. The molecule has 1 atom stereocenters. The Bertz CT molecular complexity index is 714. The van der Waals surface area contributed by atoms with E-state index in [4.69, 9.17) is 0 Å². The molecule has 7 heteroatoms. The van der Waals surface area contributed by atoms with Gasteiger partial charge in [-0.15, -0.1) is 10.2 Å². The third-order valence-electron chi connectivity index (χ3n) is 3.75. The molecular weight excluding hydrogens is 376 g/mol. The van der Waals surface area contributed by atoms with Crippen molar-refractivity contribution in [1.82, 2.24) is 14.8 Å². The Balaban J connectivity index is 1.66. The molecule has 1 fully saturated rings. The molecule has 1 aromatic heterocycles. The van der Waals surface area contributed by atoms with E-state index >= 15 is 0 Å². The standard InChI is InChI=1S/C16H19BrN4OS/c1-3-21-14(11-7-8-11)19-20-16(21)23-10(2)15(22)18-13-6-4-5-12(17)9-13/h4-6,9-11H,3,7-8H2,1-2H3,(H,18,22)/t10-/m1/s1. The van der Waals surface area contributed by atoms with E-state index in [1.165, 1.54) is 24.6 Å². The quantitative estimate of drug-likeness (QED) is 0.750. The van der Waals surface area contributed by atoms with E-state index in [0.717, 1.165) is 27.7 Å². The van der Waals surface area contributed by atoms with Crippen LogP contribution in [0, 0.1) is 0 Å². The van der Waals surface area contributed by atoms with Gasteiger partial charge in [0.1, 0.15) is 5.82 Å². The Kier molecular flexibility index (Phi) is 5.06. The molecule has 0 aliphatic heterocycles. The average molecular weight is 395 g/mol. The highest BCUT2D eigenvalue weighted by molar-refractivity contribution is 9.10. The second-order valence-electron chi connectivity index (χ2n) is 5.62. The van der Waals surface area contributed by atoms with Gasteiger partial charge in [-0.1, -0.05) is 33.8 Å². The summed E-state index contributed by atoms with van der Waals surface area (Å²) in [5, 5.41) is 12.1. The van der Waals surface area contributed by atoms with Gasteiger partial charge in [-0.05, 0) is 44.9 Å². The number of anilines is 1. The number of benzene rings is 1. The molecule has 1 amide bonds. The summed E-state index contributed by atoms with van der Waals surface area (Å²) >= 11 is 4.86. The van der Waals surface area contributed by atoms with E-state index in [0.29, 0.717) is 5.92 Å². The van der Waals surface area contributed by atoms with E-state index in [2.05, 4.69) is 42.9 Å². The summed E-state index contributed by atoms with van der Waals surface area (Å²) in [6, 6.07) is 7.58. The van der Waals surface area contributed by atoms with Gasteiger partial charge in [0.15, 0.2) is 5.16 Å². The molecule has 1 aromatic carbocycles. The zero-order valence-electron chi connectivity index (χ0n) is 13.1. The highest BCUT2D eigenvalue weighted by Crippen LogP contribution is 2.40. The average Bonchev–Trinajstić information content (AvgIpc) is 3.28. The van der Waals surface area contributed by atoms with E-state index in [1.807, 2.05) is 31.2 Å². The second-order valence-corrected chi connectivity index (χ2v) is 7.84. The number of carbonyl (C=O) groups is 1. The summed E-state index contributed by atoms with van der Waals surface area (Å²) < 4.78 is 3.07. The number of nitrogens with zero attached hydrogens (tertiary/aromatic N) is 3. The number of amides is 1. The molecule has 1 aliphatic rings. The number of carbonyl (C=O) groups excluding carboxylic acids is 1. The number of rotatable bonds is 6. The summed E-state index contributed by atoms with van der Waals surface area (Å²) in [5.41, 5.74) is 0.785. The Hall–Kier alpha value is -1.34. The van der Waals surface area contributed by atoms with Gasteiger partial charge >= 0.3 is 0 Å². The molecule has 0 unspecified atom stereocenters. The minimum Gasteiger partial charge on any atom is -0.325 e. The Labute approximate surface area is 148 Å². The van der Waals surface area contributed by atoms with Crippen molar-refractivity contribution in [3.8, 4) is 0 Å². The lowest BCUT2D eigenvalue weighted by atomic mass is 10.3. The highest BCUT2D eigenvalue weighted by Gasteiger charge is 2.30. The number of halogens is 1. The highest BCUT2D eigenvalue weighted by atomic mass is 79.9. The van der Waals surface area contributed by atoms with Gasteiger partial charge in [0.25, 0.3) is 0 Å². The first-order valence-corrected chi connectivity index (χ1v) is 9.42. The third-order valence-corrected chi connectivity index (χ3v) is 5.32. The lowest BCUT2D eigenvalue weighted by Crippen LogP contribution is -2.23. The van der Waals surface area contributed by atoms with Crippen LogP contribution in [-0.2, 0) is 11.3 Å². The normalized spacial score (nSPS) is 15.4. The molecule has 23 heavy (non-hydrogen) atoms. The van der Waals surface area contributed by atoms with Crippen molar-refractivity contribution < 1.29 is 4.79 Å². The monoisotopic (exact) mass is 394 g/mol. The van der Waals surface area contributed by atoms with Crippen LogP contribution in [0.3, 0.4) is 0 Å².